The minimum absolute atomic E-state index is 0.124. The Hall–Kier alpha value is -3.13. The number of hydrogen-bond acceptors (Lipinski definition) is 4. The van der Waals surface area contributed by atoms with Crippen LogP contribution in [0.3, 0.4) is 0 Å². The number of aliphatic hydroxyl groups is 1. The fraction of sp³-hybridized carbons (Fsp3) is 0.118. The standard InChI is InChI=1S/C17H10F2N2O4/c18-10-5-9-13(6-11(10)19)21-15(24)8-3-1-2-4-12(8)20-16(21)17(9,25)7-14(22)23/h1-6,25H,7H2,(H,22,23)/t17-/m1/s1. The first-order valence-electron chi connectivity index (χ1n) is 7.29. The summed E-state index contributed by atoms with van der Waals surface area (Å²) in [6, 6.07) is 7.74. The predicted octanol–water partition coefficient (Wildman–Crippen LogP) is 1.69. The molecule has 2 N–H and O–H groups in total. The first-order valence-corrected chi connectivity index (χ1v) is 7.29. The van der Waals surface area contributed by atoms with Crippen molar-refractivity contribution in [2.75, 3.05) is 0 Å². The van der Waals surface area contributed by atoms with Gasteiger partial charge in [-0.15, -0.1) is 0 Å². The van der Waals surface area contributed by atoms with Gasteiger partial charge in [0.25, 0.3) is 5.56 Å². The van der Waals surface area contributed by atoms with Crippen LogP contribution in [-0.2, 0) is 10.4 Å². The highest BCUT2D eigenvalue weighted by atomic mass is 19.2. The quantitative estimate of drug-likeness (QED) is 0.738. The SMILES string of the molecule is O=C(O)C[C@@]1(O)c2cc(F)c(F)cc2-n2c1nc1ccccc1c2=O. The van der Waals surface area contributed by atoms with E-state index in [0.717, 1.165) is 10.6 Å². The third-order valence-corrected chi connectivity index (χ3v) is 4.28. The summed E-state index contributed by atoms with van der Waals surface area (Å²) in [6.45, 7) is 0. The first kappa shape index (κ1) is 15.4. The molecule has 8 heteroatoms. The molecule has 126 valence electrons. The molecule has 0 aliphatic carbocycles. The fourth-order valence-corrected chi connectivity index (χ4v) is 3.20. The minimum atomic E-state index is -2.25. The lowest BCUT2D eigenvalue weighted by Gasteiger charge is -2.21. The first-order chi connectivity index (χ1) is 11.8. The Morgan fingerprint density at radius 3 is 2.60 bits per heavy atom. The number of nitrogens with zero attached hydrogens (tertiary/aromatic N) is 2. The maximum absolute atomic E-state index is 13.7. The topological polar surface area (TPSA) is 92.4 Å². The predicted molar refractivity (Wildman–Crippen MR) is 82.5 cm³/mol. The zero-order chi connectivity index (χ0) is 17.9. The Labute approximate surface area is 138 Å². The van der Waals surface area contributed by atoms with Crippen LogP contribution in [0.25, 0.3) is 16.6 Å². The molecule has 2 aromatic carbocycles. The molecule has 1 aliphatic heterocycles. The maximum Gasteiger partial charge on any atom is 0.307 e. The van der Waals surface area contributed by atoms with Crippen molar-refractivity contribution in [3.8, 4) is 5.69 Å². The van der Waals surface area contributed by atoms with Gasteiger partial charge in [-0.05, 0) is 18.2 Å². The molecule has 0 saturated carbocycles. The molecule has 2 heterocycles. The van der Waals surface area contributed by atoms with E-state index in [9.17, 15) is 23.5 Å². The summed E-state index contributed by atoms with van der Waals surface area (Å²) in [5.74, 6) is -4.13. The number of carboxylic acid groups (broad SMARTS) is 1. The summed E-state index contributed by atoms with van der Waals surface area (Å²) in [6.07, 6.45) is -0.851. The van der Waals surface area contributed by atoms with E-state index < -0.39 is 35.2 Å². The Morgan fingerprint density at radius 2 is 1.88 bits per heavy atom. The molecule has 0 amide bonds. The molecular formula is C17H10F2N2O4. The van der Waals surface area contributed by atoms with E-state index in [1.165, 1.54) is 12.1 Å². The van der Waals surface area contributed by atoms with Crippen molar-refractivity contribution in [2.24, 2.45) is 0 Å². The molecule has 0 bridgehead atoms. The van der Waals surface area contributed by atoms with Crippen LogP contribution in [-0.4, -0.2) is 25.7 Å². The molecule has 0 unspecified atom stereocenters. The van der Waals surface area contributed by atoms with E-state index in [0.29, 0.717) is 6.07 Å². The van der Waals surface area contributed by atoms with E-state index in [4.69, 9.17) is 5.11 Å². The van der Waals surface area contributed by atoms with Crippen molar-refractivity contribution < 1.29 is 23.8 Å². The van der Waals surface area contributed by atoms with Crippen molar-refractivity contribution in [1.82, 2.24) is 9.55 Å². The van der Waals surface area contributed by atoms with Gasteiger partial charge >= 0.3 is 5.97 Å². The van der Waals surface area contributed by atoms with Gasteiger partial charge in [0.1, 0.15) is 0 Å². The lowest BCUT2D eigenvalue weighted by Crippen LogP contribution is -2.32. The zero-order valence-corrected chi connectivity index (χ0v) is 12.5. The summed E-state index contributed by atoms with van der Waals surface area (Å²) in [4.78, 5) is 28.2. The zero-order valence-electron chi connectivity index (χ0n) is 12.5. The van der Waals surface area contributed by atoms with Crippen LogP contribution in [0.1, 0.15) is 17.8 Å². The van der Waals surface area contributed by atoms with Gasteiger partial charge < -0.3 is 10.2 Å². The Kier molecular flexibility index (Phi) is 3.04. The van der Waals surface area contributed by atoms with Gasteiger partial charge in [-0.3, -0.25) is 14.2 Å². The molecule has 1 aliphatic rings. The highest BCUT2D eigenvalue weighted by Gasteiger charge is 2.47. The third-order valence-electron chi connectivity index (χ3n) is 4.28. The summed E-state index contributed by atoms with van der Waals surface area (Å²) in [5, 5.41) is 20.3. The molecule has 0 spiro atoms. The van der Waals surface area contributed by atoms with Crippen LogP contribution in [0.4, 0.5) is 8.78 Å². The molecule has 6 nitrogen and oxygen atoms in total. The van der Waals surface area contributed by atoms with Crippen LogP contribution < -0.4 is 5.56 Å². The van der Waals surface area contributed by atoms with Gasteiger partial charge in [-0.2, -0.15) is 0 Å². The maximum atomic E-state index is 13.7. The van der Waals surface area contributed by atoms with Gasteiger partial charge in [-0.25, -0.2) is 13.8 Å². The molecule has 1 aromatic heterocycles. The van der Waals surface area contributed by atoms with Gasteiger partial charge in [0, 0.05) is 11.6 Å². The minimum Gasteiger partial charge on any atom is -0.481 e. The molecule has 25 heavy (non-hydrogen) atoms. The van der Waals surface area contributed by atoms with Crippen molar-refractivity contribution in [1.29, 1.82) is 0 Å². The number of carboxylic acids is 1. The van der Waals surface area contributed by atoms with Crippen LogP contribution in [0.2, 0.25) is 0 Å². The van der Waals surface area contributed by atoms with Crippen LogP contribution >= 0.6 is 0 Å². The number of halogens is 2. The van der Waals surface area contributed by atoms with E-state index in [-0.39, 0.29) is 28.0 Å². The van der Waals surface area contributed by atoms with Crippen molar-refractivity contribution in [3.63, 3.8) is 0 Å². The van der Waals surface area contributed by atoms with E-state index in [1.54, 1.807) is 12.1 Å². The summed E-state index contributed by atoms with van der Waals surface area (Å²) in [7, 11) is 0. The molecule has 0 radical (unpaired) electrons. The highest BCUT2D eigenvalue weighted by molar-refractivity contribution is 5.79. The van der Waals surface area contributed by atoms with Crippen molar-refractivity contribution in [2.45, 2.75) is 12.0 Å². The molecular weight excluding hydrogens is 334 g/mol. The van der Waals surface area contributed by atoms with E-state index in [1.807, 2.05) is 0 Å². The molecule has 0 saturated heterocycles. The highest BCUT2D eigenvalue weighted by Crippen LogP contribution is 2.42. The van der Waals surface area contributed by atoms with Gasteiger partial charge in [-0.1, -0.05) is 12.1 Å². The second-order valence-electron chi connectivity index (χ2n) is 5.81. The largest absolute Gasteiger partial charge is 0.481 e. The monoisotopic (exact) mass is 344 g/mol. The average molecular weight is 344 g/mol. The number of benzene rings is 2. The van der Waals surface area contributed by atoms with E-state index in [2.05, 4.69) is 4.98 Å². The van der Waals surface area contributed by atoms with Gasteiger partial charge in [0.15, 0.2) is 23.1 Å². The van der Waals surface area contributed by atoms with Crippen molar-refractivity contribution in [3.05, 3.63) is 69.8 Å². The van der Waals surface area contributed by atoms with Gasteiger partial charge in [0.05, 0.1) is 23.0 Å². The third kappa shape index (κ3) is 2.01. The Bertz CT molecular complexity index is 1130. The normalized spacial score (nSPS) is 18.2. The number of rotatable bonds is 2. The Morgan fingerprint density at radius 1 is 1.20 bits per heavy atom. The lowest BCUT2D eigenvalue weighted by atomic mass is 9.91. The second kappa shape index (κ2) is 4.93. The lowest BCUT2D eigenvalue weighted by molar-refractivity contribution is -0.141. The number of fused-ring (bicyclic) bond motifs is 4. The van der Waals surface area contributed by atoms with Crippen LogP contribution in [0.5, 0.6) is 0 Å². The number of para-hydroxylation sites is 1. The summed E-state index contributed by atoms with van der Waals surface area (Å²) < 4.78 is 28.4. The molecule has 3 aromatic rings. The summed E-state index contributed by atoms with van der Waals surface area (Å²) in [5.41, 5.74) is -2.95. The van der Waals surface area contributed by atoms with Crippen LogP contribution in [0, 0.1) is 11.6 Å². The number of aliphatic carboxylic acids is 1. The van der Waals surface area contributed by atoms with Gasteiger partial charge in [0.2, 0.25) is 0 Å². The summed E-state index contributed by atoms with van der Waals surface area (Å²) >= 11 is 0. The Balaban J connectivity index is 2.18. The van der Waals surface area contributed by atoms with Crippen LogP contribution in [0.15, 0.2) is 41.2 Å². The molecule has 4 rings (SSSR count). The smallest absolute Gasteiger partial charge is 0.307 e. The number of carbonyl (C=O) groups is 1. The average Bonchev–Trinajstić information content (AvgIpc) is 2.77. The van der Waals surface area contributed by atoms with E-state index >= 15 is 0 Å². The number of hydrogen-bond donors (Lipinski definition) is 2. The molecule has 1 atom stereocenters. The number of aromatic nitrogens is 2. The fourth-order valence-electron chi connectivity index (χ4n) is 3.20. The molecule has 0 fully saturated rings. The van der Waals surface area contributed by atoms with Crippen molar-refractivity contribution >= 4 is 16.9 Å². The second-order valence-corrected chi connectivity index (χ2v) is 5.81.